The van der Waals surface area contributed by atoms with Crippen molar-refractivity contribution in [2.75, 3.05) is 18.8 Å². The smallest absolute Gasteiger partial charge is 0.0524 e. The minimum atomic E-state index is 0.414. The van der Waals surface area contributed by atoms with Gasteiger partial charge < -0.3 is 5.73 Å². The quantitative estimate of drug-likeness (QED) is 0.594. The standard InChI is InChI=1S/C11H15N3O/c12-11-5-3-9(4-6-11)10-2-1-7-14(8-10)13-15/h3-6,10H,1-2,7-8,12H2. The van der Waals surface area contributed by atoms with Crippen molar-refractivity contribution < 1.29 is 0 Å². The molecule has 1 atom stereocenters. The van der Waals surface area contributed by atoms with E-state index in [4.69, 9.17) is 5.73 Å². The first-order valence-electron chi connectivity index (χ1n) is 5.23. The number of nitroso groups, excluding NO2 is 1. The highest BCUT2D eigenvalue weighted by atomic mass is 16.3. The van der Waals surface area contributed by atoms with E-state index in [2.05, 4.69) is 5.29 Å². The van der Waals surface area contributed by atoms with Gasteiger partial charge in [0, 0.05) is 24.7 Å². The average Bonchev–Trinajstić information content (AvgIpc) is 2.30. The van der Waals surface area contributed by atoms with Crippen LogP contribution in [0.25, 0.3) is 0 Å². The van der Waals surface area contributed by atoms with Crippen molar-refractivity contribution in [3.05, 3.63) is 34.7 Å². The number of rotatable bonds is 2. The molecule has 15 heavy (non-hydrogen) atoms. The number of hydrogen-bond donors (Lipinski definition) is 1. The molecule has 1 fully saturated rings. The molecule has 1 aliphatic heterocycles. The Labute approximate surface area is 89.0 Å². The number of nitrogens with zero attached hydrogens (tertiary/aromatic N) is 2. The second kappa shape index (κ2) is 4.29. The van der Waals surface area contributed by atoms with Crippen molar-refractivity contribution in [2.45, 2.75) is 18.8 Å². The maximum absolute atomic E-state index is 10.4. The summed E-state index contributed by atoms with van der Waals surface area (Å²) in [6.45, 7) is 1.52. The lowest BCUT2D eigenvalue weighted by Gasteiger charge is -2.28. The molecule has 2 N–H and O–H groups in total. The lowest BCUT2D eigenvalue weighted by atomic mass is 9.91. The zero-order chi connectivity index (χ0) is 10.7. The number of nitrogen functional groups attached to an aromatic ring is 1. The van der Waals surface area contributed by atoms with Crippen LogP contribution in [-0.4, -0.2) is 18.1 Å². The molecule has 1 aromatic rings. The molecular formula is C11H15N3O. The number of nitrogens with two attached hydrogens (primary N) is 1. The molecule has 0 amide bonds. The van der Waals surface area contributed by atoms with E-state index in [0.29, 0.717) is 5.92 Å². The fraction of sp³-hybridized carbons (Fsp3) is 0.455. The van der Waals surface area contributed by atoms with Crippen molar-refractivity contribution in [1.82, 2.24) is 5.01 Å². The van der Waals surface area contributed by atoms with E-state index >= 15 is 0 Å². The van der Waals surface area contributed by atoms with Gasteiger partial charge in [-0.05, 0) is 30.5 Å². The van der Waals surface area contributed by atoms with E-state index in [1.165, 1.54) is 5.56 Å². The zero-order valence-electron chi connectivity index (χ0n) is 8.60. The molecule has 1 aromatic carbocycles. The normalized spacial score (nSPS) is 21.3. The third-order valence-corrected chi connectivity index (χ3v) is 2.92. The summed E-state index contributed by atoms with van der Waals surface area (Å²) in [5, 5.41) is 4.60. The SMILES string of the molecule is Nc1ccc(C2CCCN(N=O)C2)cc1. The Hall–Kier alpha value is -1.58. The molecule has 1 saturated heterocycles. The number of anilines is 1. The average molecular weight is 205 g/mol. The minimum absolute atomic E-state index is 0.414. The van der Waals surface area contributed by atoms with Crippen LogP contribution in [0.1, 0.15) is 24.3 Å². The van der Waals surface area contributed by atoms with Gasteiger partial charge in [0.15, 0.2) is 0 Å². The van der Waals surface area contributed by atoms with Gasteiger partial charge in [0.2, 0.25) is 0 Å². The Morgan fingerprint density at radius 1 is 1.33 bits per heavy atom. The predicted octanol–water partition coefficient (Wildman–Crippen LogP) is 2.13. The molecule has 0 saturated carbocycles. The summed E-state index contributed by atoms with van der Waals surface area (Å²) in [5.74, 6) is 0.414. The van der Waals surface area contributed by atoms with E-state index in [1.807, 2.05) is 24.3 Å². The molecule has 0 radical (unpaired) electrons. The van der Waals surface area contributed by atoms with E-state index in [0.717, 1.165) is 31.6 Å². The van der Waals surface area contributed by atoms with Gasteiger partial charge in [0.05, 0.1) is 5.29 Å². The van der Waals surface area contributed by atoms with Crippen LogP contribution in [0.3, 0.4) is 0 Å². The molecule has 80 valence electrons. The second-order valence-electron chi connectivity index (χ2n) is 4.00. The van der Waals surface area contributed by atoms with E-state index in [9.17, 15) is 4.91 Å². The Morgan fingerprint density at radius 3 is 2.73 bits per heavy atom. The first-order valence-corrected chi connectivity index (χ1v) is 5.23. The zero-order valence-corrected chi connectivity index (χ0v) is 8.60. The van der Waals surface area contributed by atoms with Gasteiger partial charge in [-0.2, -0.15) is 0 Å². The molecule has 4 heteroatoms. The largest absolute Gasteiger partial charge is 0.399 e. The molecule has 1 aliphatic rings. The second-order valence-corrected chi connectivity index (χ2v) is 4.00. The molecule has 4 nitrogen and oxygen atoms in total. The first-order chi connectivity index (χ1) is 7.29. The maximum Gasteiger partial charge on any atom is 0.0524 e. The lowest BCUT2D eigenvalue weighted by molar-refractivity contribution is 0.213. The van der Waals surface area contributed by atoms with Gasteiger partial charge in [0.1, 0.15) is 0 Å². The molecular weight excluding hydrogens is 190 g/mol. The highest BCUT2D eigenvalue weighted by Gasteiger charge is 2.20. The Morgan fingerprint density at radius 2 is 2.07 bits per heavy atom. The summed E-state index contributed by atoms with van der Waals surface area (Å²) < 4.78 is 0. The van der Waals surface area contributed by atoms with Crippen molar-refractivity contribution in [3.8, 4) is 0 Å². The van der Waals surface area contributed by atoms with Crippen LogP contribution in [0, 0.1) is 4.91 Å². The van der Waals surface area contributed by atoms with Crippen LogP contribution >= 0.6 is 0 Å². The summed E-state index contributed by atoms with van der Waals surface area (Å²) in [7, 11) is 0. The van der Waals surface area contributed by atoms with Crippen molar-refractivity contribution in [2.24, 2.45) is 5.29 Å². The van der Waals surface area contributed by atoms with E-state index < -0.39 is 0 Å². The Bertz CT molecular complexity index is 336. The van der Waals surface area contributed by atoms with Crippen molar-refractivity contribution >= 4 is 5.69 Å². The van der Waals surface area contributed by atoms with Crippen LogP contribution in [0.15, 0.2) is 29.6 Å². The monoisotopic (exact) mass is 205 g/mol. The van der Waals surface area contributed by atoms with E-state index in [1.54, 1.807) is 5.01 Å². The number of piperidine rings is 1. The highest BCUT2D eigenvalue weighted by Crippen LogP contribution is 2.27. The molecule has 0 spiro atoms. The van der Waals surface area contributed by atoms with Gasteiger partial charge >= 0.3 is 0 Å². The summed E-state index contributed by atoms with van der Waals surface area (Å²) in [6, 6.07) is 7.88. The molecule has 0 bridgehead atoms. The number of benzene rings is 1. The molecule has 0 aliphatic carbocycles. The summed E-state index contributed by atoms with van der Waals surface area (Å²) in [6.07, 6.45) is 2.15. The highest BCUT2D eigenvalue weighted by molar-refractivity contribution is 5.40. The minimum Gasteiger partial charge on any atom is -0.399 e. The van der Waals surface area contributed by atoms with Gasteiger partial charge in [-0.1, -0.05) is 12.1 Å². The van der Waals surface area contributed by atoms with Gasteiger partial charge in [-0.3, -0.25) is 5.01 Å². The van der Waals surface area contributed by atoms with E-state index in [-0.39, 0.29) is 0 Å². The lowest BCUT2D eigenvalue weighted by Crippen LogP contribution is -2.29. The molecule has 1 unspecified atom stereocenters. The summed E-state index contributed by atoms with van der Waals surface area (Å²) in [4.78, 5) is 10.4. The number of hydrogen-bond acceptors (Lipinski definition) is 3. The Kier molecular flexibility index (Phi) is 2.85. The van der Waals surface area contributed by atoms with Crippen LogP contribution in [0.5, 0.6) is 0 Å². The van der Waals surface area contributed by atoms with Crippen molar-refractivity contribution in [1.29, 1.82) is 0 Å². The van der Waals surface area contributed by atoms with Crippen LogP contribution in [-0.2, 0) is 0 Å². The molecule has 1 heterocycles. The summed E-state index contributed by atoms with van der Waals surface area (Å²) >= 11 is 0. The van der Waals surface area contributed by atoms with Crippen molar-refractivity contribution in [3.63, 3.8) is 0 Å². The maximum atomic E-state index is 10.4. The van der Waals surface area contributed by atoms with Crippen LogP contribution in [0.4, 0.5) is 5.69 Å². The van der Waals surface area contributed by atoms with Gasteiger partial charge in [-0.25, -0.2) is 0 Å². The van der Waals surface area contributed by atoms with Gasteiger partial charge in [0.25, 0.3) is 0 Å². The topological polar surface area (TPSA) is 58.7 Å². The van der Waals surface area contributed by atoms with Gasteiger partial charge in [-0.15, -0.1) is 4.91 Å². The fourth-order valence-electron chi connectivity index (χ4n) is 2.07. The Balaban J connectivity index is 2.09. The van der Waals surface area contributed by atoms with Crippen LogP contribution in [0.2, 0.25) is 0 Å². The molecule has 0 aromatic heterocycles. The summed E-state index contributed by atoms with van der Waals surface area (Å²) in [5.41, 5.74) is 7.66. The van der Waals surface area contributed by atoms with Crippen LogP contribution < -0.4 is 5.73 Å². The predicted molar refractivity (Wildman–Crippen MR) is 60.2 cm³/mol. The third-order valence-electron chi connectivity index (χ3n) is 2.92. The molecule has 2 rings (SSSR count). The first kappa shape index (κ1) is 9.96. The third kappa shape index (κ3) is 2.26. The fourth-order valence-corrected chi connectivity index (χ4v) is 2.07.